The first kappa shape index (κ1) is 22.0. The van der Waals surface area contributed by atoms with Crippen molar-refractivity contribution in [2.24, 2.45) is 0 Å². The molecule has 0 atom stereocenters. The molecule has 30 heavy (non-hydrogen) atoms. The van der Waals surface area contributed by atoms with Gasteiger partial charge in [-0.1, -0.05) is 12.2 Å². The number of rotatable bonds is 7. The highest BCUT2D eigenvalue weighted by Crippen LogP contribution is 2.29. The lowest BCUT2D eigenvalue weighted by atomic mass is 10.1. The summed E-state index contributed by atoms with van der Waals surface area (Å²) in [6.45, 7) is 5.88. The van der Waals surface area contributed by atoms with E-state index in [0.29, 0.717) is 23.8 Å². The smallest absolute Gasteiger partial charge is 0.262 e. The number of ether oxygens (including phenoxy) is 2. The molecule has 160 valence electrons. The monoisotopic (exact) mass is 431 g/mol. The molecule has 1 saturated heterocycles. The van der Waals surface area contributed by atoms with Crippen molar-refractivity contribution >= 4 is 28.8 Å². The molecule has 6 nitrogen and oxygen atoms in total. The van der Waals surface area contributed by atoms with Crippen molar-refractivity contribution in [1.82, 2.24) is 9.80 Å². The molecule has 0 unspecified atom stereocenters. The Morgan fingerprint density at radius 3 is 2.43 bits per heavy atom. The van der Waals surface area contributed by atoms with E-state index in [1.165, 1.54) is 24.3 Å². The topological polar surface area (TPSA) is 54.0 Å². The first-order valence-electron chi connectivity index (χ1n) is 9.89. The fraction of sp³-hybridized carbons (Fsp3) is 0.364. The number of nitrogens with zero attached hydrogens (tertiary/aromatic N) is 2. The van der Waals surface area contributed by atoms with E-state index in [2.05, 4.69) is 22.2 Å². The van der Waals surface area contributed by atoms with Crippen LogP contribution in [0.5, 0.6) is 11.5 Å². The SMILES string of the molecule is CCOc1cc(C(=S)N2CCN(C)CC2)ccc1OCC(=O)Nc1ccc(F)cc1. The fourth-order valence-corrected chi connectivity index (χ4v) is 3.40. The molecule has 1 N–H and O–H groups in total. The van der Waals surface area contributed by atoms with Gasteiger partial charge in [0.25, 0.3) is 5.91 Å². The molecule has 3 rings (SSSR count). The Balaban J connectivity index is 1.63. The molecule has 2 aromatic rings. The zero-order valence-electron chi connectivity index (χ0n) is 17.2. The molecule has 1 aliphatic rings. The van der Waals surface area contributed by atoms with Gasteiger partial charge in [0.15, 0.2) is 18.1 Å². The highest BCUT2D eigenvalue weighted by atomic mass is 32.1. The molecular formula is C22H26FN3O3S. The second-order valence-corrected chi connectivity index (χ2v) is 7.42. The minimum Gasteiger partial charge on any atom is -0.490 e. The van der Waals surface area contributed by atoms with E-state index in [1.54, 1.807) is 6.07 Å². The maximum absolute atomic E-state index is 13.0. The average molecular weight is 432 g/mol. The van der Waals surface area contributed by atoms with Crippen molar-refractivity contribution < 1.29 is 18.7 Å². The number of carbonyl (C=O) groups excluding carboxylic acids is 1. The molecule has 0 spiro atoms. The van der Waals surface area contributed by atoms with Crippen LogP contribution in [0.15, 0.2) is 42.5 Å². The number of thiocarbonyl (C=S) groups is 1. The molecule has 0 saturated carbocycles. The van der Waals surface area contributed by atoms with Gasteiger partial charge in [-0.25, -0.2) is 4.39 Å². The number of anilines is 1. The van der Waals surface area contributed by atoms with Gasteiger partial charge >= 0.3 is 0 Å². The van der Waals surface area contributed by atoms with Crippen LogP contribution in [0, 0.1) is 5.82 Å². The Hall–Kier alpha value is -2.71. The van der Waals surface area contributed by atoms with Gasteiger partial charge in [-0.05, 0) is 56.4 Å². The lowest BCUT2D eigenvalue weighted by Gasteiger charge is -2.34. The molecule has 2 aromatic carbocycles. The second-order valence-electron chi connectivity index (χ2n) is 7.03. The van der Waals surface area contributed by atoms with Gasteiger partial charge in [0.2, 0.25) is 0 Å². The number of piperazine rings is 1. The fourth-order valence-electron chi connectivity index (χ4n) is 3.09. The first-order valence-corrected chi connectivity index (χ1v) is 10.3. The number of amides is 1. The van der Waals surface area contributed by atoms with E-state index in [4.69, 9.17) is 21.7 Å². The molecule has 1 heterocycles. The normalized spacial score (nSPS) is 14.3. The summed E-state index contributed by atoms with van der Waals surface area (Å²) in [5.41, 5.74) is 1.39. The van der Waals surface area contributed by atoms with E-state index in [-0.39, 0.29) is 18.3 Å². The highest BCUT2D eigenvalue weighted by Gasteiger charge is 2.19. The summed E-state index contributed by atoms with van der Waals surface area (Å²) in [6, 6.07) is 11.1. The van der Waals surface area contributed by atoms with Crippen LogP contribution in [0.4, 0.5) is 10.1 Å². The third-order valence-electron chi connectivity index (χ3n) is 4.77. The Morgan fingerprint density at radius 2 is 1.77 bits per heavy atom. The summed E-state index contributed by atoms with van der Waals surface area (Å²) in [4.78, 5) is 17.4. The Bertz CT molecular complexity index is 884. The number of likely N-dealkylation sites (N-methyl/N-ethyl adjacent to an activating group) is 1. The van der Waals surface area contributed by atoms with Gasteiger partial charge in [0.05, 0.1) is 6.61 Å². The Labute approximate surface area is 181 Å². The van der Waals surface area contributed by atoms with Gasteiger partial charge in [0, 0.05) is 37.4 Å². The summed E-state index contributed by atoms with van der Waals surface area (Å²) in [5, 5.41) is 2.66. The van der Waals surface area contributed by atoms with Crippen molar-refractivity contribution in [2.75, 3.05) is 51.8 Å². The van der Waals surface area contributed by atoms with E-state index < -0.39 is 0 Å². The van der Waals surface area contributed by atoms with Gasteiger partial charge in [-0.15, -0.1) is 0 Å². The Morgan fingerprint density at radius 1 is 1.07 bits per heavy atom. The van der Waals surface area contributed by atoms with Crippen LogP contribution in [0.1, 0.15) is 12.5 Å². The third-order valence-corrected chi connectivity index (χ3v) is 5.26. The lowest BCUT2D eigenvalue weighted by Crippen LogP contribution is -2.46. The highest BCUT2D eigenvalue weighted by molar-refractivity contribution is 7.80. The maximum Gasteiger partial charge on any atom is 0.262 e. The zero-order chi connectivity index (χ0) is 21.5. The summed E-state index contributed by atoms with van der Waals surface area (Å²) < 4.78 is 24.3. The molecule has 1 amide bonds. The Kier molecular flexibility index (Phi) is 7.59. The van der Waals surface area contributed by atoms with Crippen molar-refractivity contribution in [2.45, 2.75) is 6.92 Å². The summed E-state index contributed by atoms with van der Waals surface area (Å²) >= 11 is 5.67. The largest absolute Gasteiger partial charge is 0.490 e. The summed E-state index contributed by atoms with van der Waals surface area (Å²) in [5.74, 6) is 0.304. The minimum atomic E-state index is -0.361. The summed E-state index contributed by atoms with van der Waals surface area (Å²) in [6.07, 6.45) is 0. The van der Waals surface area contributed by atoms with Gasteiger partial charge in [0.1, 0.15) is 10.8 Å². The van der Waals surface area contributed by atoms with Gasteiger partial charge < -0.3 is 24.6 Å². The molecule has 0 aliphatic carbocycles. The third kappa shape index (κ3) is 5.90. The first-order chi connectivity index (χ1) is 14.5. The van der Waals surface area contributed by atoms with Gasteiger partial charge in [-0.2, -0.15) is 0 Å². The van der Waals surface area contributed by atoms with Crippen molar-refractivity contribution in [3.63, 3.8) is 0 Å². The predicted molar refractivity (Wildman–Crippen MR) is 119 cm³/mol. The maximum atomic E-state index is 13.0. The quantitative estimate of drug-likeness (QED) is 0.680. The van der Waals surface area contributed by atoms with E-state index in [1.807, 2.05) is 19.1 Å². The second kappa shape index (κ2) is 10.4. The number of nitrogens with one attached hydrogen (secondary N) is 1. The standard InChI is InChI=1S/C22H26FN3O3S/c1-3-28-20-14-16(22(30)26-12-10-25(2)11-13-26)4-9-19(20)29-15-21(27)24-18-7-5-17(23)6-8-18/h4-9,14H,3,10-13,15H2,1-2H3,(H,24,27). The number of benzene rings is 2. The van der Waals surface area contributed by atoms with E-state index >= 15 is 0 Å². The number of halogens is 1. The lowest BCUT2D eigenvalue weighted by molar-refractivity contribution is -0.118. The molecule has 1 fully saturated rings. The van der Waals surface area contributed by atoms with E-state index in [0.717, 1.165) is 36.7 Å². The average Bonchev–Trinajstić information content (AvgIpc) is 2.75. The van der Waals surface area contributed by atoms with Crippen LogP contribution < -0.4 is 14.8 Å². The van der Waals surface area contributed by atoms with Crippen LogP contribution in [-0.2, 0) is 4.79 Å². The number of hydrogen-bond acceptors (Lipinski definition) is 5. The van der Waals surface area contributed by atoms with Crippen LogP contribution >= 0.6 is 12.2 Å². The minimum absolute atomic E-state index is 0.195. The van der Waals surface area contributed by atoms with Crippen LogP contribution in [0.2, 0.25) is 0 Å². The molecule has 0 aromatic heterocycles. The van der Waals surface area contributed by atoms with Gasteiger partial charge in [-0.3, -0.25) is 4.79 Å². The molecule has 0 bridgehead atoms. The van der Waals surface area contributed by atoms with Crippen LogP contribution in [0.3, 0.4) is 0 Å². The van der Waals surface area contributed by atoms with Crippen LogP contribution in [0.25, 0.3) is 0 Å². The van der Waals surface area contributed by atoms with Crippen molar-refractivity contribution in [3.05, 3.63) is 53.8 Å². The van der Waals surface area contributed by atoms with Crippen molar-refractivity contribution in [3.8, 4) is 11.5 Å². The zero-order valence-corrected chi connectivity index (χ0v) is 18.0. The van der Waals surface area contributed by atoms with Crippen LogP contribution in [-0.4, -0.2) is 67.1 Å². The molecule has 8 heteroatoms. The van der Waals surface area contributed by atoms with E-state index in [9.17, 15) is 9.18 Å². The van der Waals surface area contributed by atoms with Crippen molar-refractivity contribution in [1.29, 1.82) is 0 Å². The predicted octanol–water partition coefficient (Wildman–Crippen LogP) is 3.16. The number of carbonyl (C=O) groups is 1. The molecule has 1 aliphatic heterocycles. The summed E-state index contributed by atoms with van der Waals surface area (Å²) in [7, 11) is 2.10. The molecule has 0 radical (unpaired) electrons. The molecular weight excluding hydrogens is 405 g/mol. The number of hydrogen-bond donors (Lipinski definition) is 1.